The Bertz CT molecular complexity index is 591. The van der Waals surface area contributed by atoms with Crippen molar-refractivity contribution < 1.29 is 4.39 Å². The van der Waals surface area contributed by atoms with Crippen LogP contribution in [0.15, 0.2) is 34.9 Å². The zero-order chi connectivity index (χ0) is 12.7. The Morgan fingerprint density at radius 3 is 3.00 bits per heavy atom. The van der Waals surface area contributed by atoms with Gasteiger partial charge in [-0.15, -0.1) is 0 Å². The third kappa shape index (κ3) is 1.89. The molecule has 0 aliphatic heterocycles. The van der Waals surface area contributed by atoms with E-state index >= 15 is 0 Å². The fourth-order valence-corrected chi connectivity index (χ4v) is 3.06. The molecule has 0 fully saturated rings. The van der Waals surface area contributed by atoms with E-state index in [2.05, 4.69) is 22.0 Å². The minimum absolute atomic E-state index is 0.113. The normalized spacial score (nSPS) is 18.7. The molecule has 94 valence electrons. The summed E-state index contributed by atoms with van der Waals surface area (Å²) in [5, 5.41) is 0. The van der Waals surface area contributed by atoms with E-state index in [9.17, 15) is 4.39 Å². The quantitative estimate of drug-likeness (QED) is 0.855. The number of rotatable bonds is 1. The van der Waals surface area contributed by atoms with Crippen LogP contribution in [0.25, 0.3) is 5.69 Å². The summed E-state index contributed by atoms with van der Waals surface area (Å²) in [5.74, 6) is -0.226. The largest absolute Gasteiger partial charge is 0.324 e. The van der Waals surface area contributed by atoms with Gasteiger partial charge in [0.15, 0.2) is 0 Å². The van der Waals surface area contributed by atoms with Crippen LogP contribution in [-0.2, 0) is 6.42 Å². The van der Waals surface area contributed by atoms with E-state index in [4.69, 9.17) is 5.73 Å². The number of aromatic nitrogens is 1. The maximum atomic E-state index is 13.4. The number of nitrogens with two attached hydrogens (primary N) is 1. The van der Waals surface area contributed by atoms with E-state index in [1.54, 1.807) is 12.1 Å². The Morgan fingerprint density at radius 1 is 1.33 bits per heavy atom. The second-order valence-corrected chi connectivity index (χ2v) is 5.54. The predicted octanol–water partition coefficient (Wildman–Crippen LogP) is 3.72. The summed E-state index contributed by atoms with van der Waals surface area (Å²) in [5.41, 5.74) is 9.35. The van der Waals surface area contributed by atoms with E-state index in [0.717, 1.165) is 29.4 Å². The average Bonchev–Trinajstić information content (AvgIpc) is 2.77. The second-order valence-electron chi connectivity index (χ2n) is 4.68. The van der Waals surface area contributed by atoms with Crippen LogP contribution < -0.4 is 5.73 Å². The lowest BCUT2D eigenvalue weighted by Crippen LogP contribution is -2.17. The third-order valence-electron chi connectivity index (χ3n) is 3.52. The molecule has 1 aromatic carbocycles. The highest BCUT2D eigenvalue weighted by Gasteiger charge is 2.21. The van der Waals surface area contributed by atoms with E-state index in [1.165, 1.54) is 17.3 Å². The van der Waals surface area contributed by atoms with Crippen LogP contribution in [-0.4, -0.2) is 4.57 Å². The lowest BCUT2D eigenvalue weighted by Gasteiger charge is -2.21. The van der Waals surface area contributed by atoms with Crippen LogP contribution in [0.2, 0.25) is 0 Å². The first kappa shape index (κ1) is 11.9. The molecule has 0 saturated carbocycles. The van der Waals surface area contributed by atoms with E-state index < -0.39 is 0 Å². The van der Waals surface area contributed by atoms with Crippen molar-refractivity contribution in [3.63, 3.8) is 0 Å². The first-order valence-corrected chi connectivity index (χ1v) is 6.87. The molecule has 0 saturated heterocycles. The molecule has 4 heteroatoms. The fraction of sp³-hybridized carbons (Fsp3) is 0.286. The number of hydrogen-bond donors (Lipinski definition) is 1. The maximum Gasteiger partial charge on any atom is 0.125 e. The van der Waals surface area contributed by atoms with Crippen LogP contribution in [0.5, 0.6) is 0 Å². The molecule has 0 radical (unpaired) electrons. The molecule has 1 atom stereocenters. The third-order valence-corrected chi connectivity index (χ3v) is 4.19. The molecule has 0 bridgehead atoms. The summed E-state index contributed by atoms with van der Waals surface area (Å²) in [6.07, 6.45) is 5.10. The summed E-state index contributed by atoms with van der Waals surface area (Å²) in [6.45, 7) is 0. The SMILES string of the molecule is NC1CCCc2c1ccn2-c1cc(F)ccc1Br. The number of nitrogens with zero attached hydrogens (tertiary/aromatic N) is 1. The van der Waals surface area contributed by atoms with Gasteiger partial charge in [0.25, 0.3) is 0 Å². The van der Waals surface area contributed by atoms with Crippen LogP contribution in [0, 0.1) is 5.82 Å². The van der Waals surface area contributed by atoms with Gasteiger partial charge in [-0.2, -0.15) is 0 Å². The molecule has 2 N–H and O–H groups in total. The van der Waals surface area contributed by atoms with Crippen LogP contribution in [0.4, 0.5) is 4.39 Å². The van der Waals surface area contributed by atoms with Gasteiger partial charge >= 0.3 is 0 Å². The van der Waals surface area contributed by atoms with Crippen molar-refractivity contribution in [2.45, 2.75) is 25.3 Å². The van der Waals surface area contributed by atoms with Gasteiger partial charge in [0, 0.05) is 22.4 Å². The van der Waals surface area contributed by atoms with Crippen LogP contribution >= 0.6 is 15.9 Å². The van der Waals surface area contributed by atoms with Crippen LogP contribution in [0.3, 0.4) is 0 Å². The highest BCUT2D eigenvalue weighted by Crippen LogP contribution is 2.32. The minimum atomic E-state index is -0.226. The van der Waals surface area contributed by atoms with Gasteiger partial charge in [-0.25, -0.2) is 4.39 Å². The van der Waals surface area contributed by atoms with Crippen molar-refractivity contribution in [3.05, 3.63) is 52.0 Å². The minimum Gasteiger partial charge on any atom is -0.324 e. The first-order chi connectivity index (χ1) is 8.66. The van der Waals surface area contributed by atoms with Crippen molar-refractivity contribution in [2.75, 3.05) is 0 Å². The Morgan fingerprint density at radius 2 is 2.17 bits per heavy atom. The first-order valence-electron chi connectivity index (χ1n) is 6.08. The Labute approximate surface area is 114 Å². The van der Waals surface area contributed by atoms with Crippen molar-refractivity contribution in [1.82, 2.24) is 4.57 Å². The lowest BCUT2D eigenvalue weighted by molar-refractivity contribution is 0.559. The van der Waals surface area contributed by atoms with Crippen molar-refractivity contribution in [1.29, 1.82) is 0 Å². The Hall–Kier alpha value is -1.13. The summed E-state index contributed by atoms with van der Waals surface area (Å²) in [7, 11) is 0. The molecule has 1 aliphatic carbocycles. The van der Waals surface area contributed by atoms with Gasteiger partial charge in [0.05, 0.1) is 5.69 Å². The molecule has 0 spiro atoms. The van der Waals surface area contributed by atoms with E-state index in [0.29, 0.717) is 0 Å². The average molecular weight is 309 g/mol. The topological polar surface area (TPSA) is 30.9 Å². The van der Waals surface area contributed by atoms with Crippen molar-refractivity contribution in [2.24, 2.45) is 5.73 Å². The van der Waals surface area contributed by atoms with Gasteiger partial charge in [-0.05, 0) is 65.0 Å². The summed E-state index contributed by atoms with van der Waals surface area (Å²) >= 11 is 3.48. The van der Waals surface area contributed by atoms with Gasteiger partial charge < -0.3 is 10.3 Å². The van der Waals surface area contributed by atoms with Gasteiger partial charge in [0.1, 0.15) is 5.82 Å². The highest BCUT2D eigenvalue weighted by molar-refractivity contribution is 9.10. The Balaban J connectivity index is 2.15. The zero-order valence-electron chi connectivity index (χ0n) is 9.87. The smallest absolute Gasteiger partial charge is 0.125 e. The van der Waals surface area contributed by atoms with Crippen molar-refractivity contribution in [3.8, 4) is 5.69 Å². The molecular weight excluding hydrogens is 295 g/mol. The fourth-order valence-electron chi connectivity index (χ4n) is 2.62. The lowest BCUT2D eigenvalue weighted by atomic mass is 9.93. The summed E-state index contributed by atoms with van der Waals surface area (Å²) in [4.78, 5) is 0. The molecule has 2 nitrogen and oxygen atoms in total. The standard InChI is InChI=1S/C14H14BrFN2/c15-11-5-4-9(16)8-14(11)18-7-6-10-12(17)2-1-3-13(10)18/h4-8,12H,1-3,17H2. The predicted molar refractivity (Wildman–Crippen MR) is 73.3 cm³/mol. The van der Waals surface area contributed by atoms with Gasteiger partial charge in [0.2, 0.25) is 0 Å². The molecule has 0 amide bonds. The molecule has 1 unspecified atom stereocenters. The highest BCUT2D eigenvalue weighted by atomic mass is 79.9. The van der Waals surface area contributed by atoms with E-state index in [-0.39, 0.29) is 11.9 Å². The van der Waals surface area contributed by atoms with Crippen molar-refractivity contribution >= 4 is 15.9 Å². The summed E-state index contributed by atoms with van der Waals surface area (Å²) < 4.78 is 16.3. The second kappa shape index (κ2) is 4.52. The summed E-state index contributed by atoms with van der Waals surface area (Å²) in [6, 6.07) is 6.90. The Kier molecular flexibility index (Phi) is 2.99. The maximum absolute atomic E-state index is 13.4. The van der Waals surface area contributed by atoms with Gasteiger partial charge in [-0.1, -0.05) is 0 Å². The number of fused-ring (bicyclic) bond motifs is 1. The van der Waals surface area contributed by atoms with E-state index in [1.807, 2.05) is 10.8 Å². The molecule has 3 rings (SSSR count). The number of halogens is 2. The number of hydrogen-bond acceptors (Lipinski definition) is 1. The molecule has 1 aliphatic rings. The van der Waals surface area contributed by atoms with Gasteiger partial charge in [-0.3, -0.25) is 0 Å². The molecule has 1 heterocycles. The molecule has 1 aromatic heterocycles. The zero-order valence-corrected chi connectivity index (χ0v) is 11.5. The number of benzene rings is 1. The monoisotopic (exact) mass is 308 g/mol. The molecule has 2 aromatic rings. The van der Waals surface area contributed by atoms with Crippen LogP contribution in [0.1, 0.15) is 30.1 Å². The molecule has 18 heavy (non-hydrogen) atoms. The molecular formula is C14H14BrFN2.